The first-order valence-corrected chi connectivity index (χ1v) is 6.63. The van der Waals surface area contributed by atoms with Crippen LogP contribution in [0.3, 0.4) is 0 Å². The predicted molar refractivity (Wildman–Crippen MR) is 80.7 cm³/mol. The Bertz CT molecular complexity index is 879. The normalized spacial score (nSPS) is 11.8. The fourth-order valence-electron chi connectivity index (χ4n) is 2.08. The zero-order valence-corrected chi connectivity index (χ0v) is 11.8. The predicted octanol–water partition coefficient (Wildman–Crippen LogP) is 1.95. The minimum Gasteiger partial charge on any atom is -0.369 e. The molecule has 0 bridgehead atoms. The molecule has 0 unspecified atom stereocenters. The lowest BCUT2D eigenvalue weighted by atomic mass is 10.2. The first kappa shape index (κ1) is 13.7. The lowest BCUT2D eigenvalue weighted by Gasteiger charge is -2.11. The number of nitriles is 1. The molecule has 0 spiro atoms. The third-order valence-electron chi connectivity index (χ3n) is 3.16. The van der Waals surface area contributed by atoms with Crippen LogP contribution in [0.25, 0.3) is 16.9 Å². The molecule has 0 aromatic carbocycles. The Morgan fingerprint density at radius 3 is 3.05 bits per heavy atom. The SMILES string of the molecule is C[C@H](C#N)Nc1cc(-n2ncc3cccnc32)ncc1C=O. The van der Waals surface area contributed by atoms with Crippen molar-refractivity contribution >= 4 is 23.0 Å². The van der Waals surface area contributed by atoms with E-state index in [4.69, 9.17) is 5.26 Å². The minimum absolute atomic E-state index is 0.385. The third-order valence-corrected chi connectivity index (χ3v) is 3.16. The molecule has 0 fully saturated rings. The van der Waals surface area contributed by atoms with Crippen LogP contribution in [0, 0.1) is 11.3 Å². The van der Waals surface area contributed by atoms with Gasteiger partial charge in [-0.2, -0.15) is 15.0 Å². The van der Waals surface area contributed by atoms with Gasteiger partial charge in [0.15, 0.2) is 17.8 Å². The number of hydrogen-bond donors (Lipinski definition) is 1. The largest absolute Gasteiger partial charge is 0.369 e. The lowest BCUT2D eigenvalue weighted by molar-refractivity contribution is 0.112. The average molecular weight is 292 g/mol. The summed E-state index contributed by atoms with van der Waals surface area (Å²) in [4.78, 5) is 19.6. The number of nitrogens with zero attached hydrogens (tertiary/aromatic N) is 5. The van der Waals surface area contributed by atoms with Crippen molar-refractivity contribution in [3.05, 3.63) is 42.4 Å². The second-order valence-corrected chi connectivity index (χ2v) is 4.72. The Morgan fingerprint density at radius 2 is 2.27 bits per heavy atom. The van der Waals surface area contributed by atoms with Crippen molar-refractivity contribution in [3.8, 4) is 11.9 Å². The van der Waals surface area contributed by atoms with Crippen LogP contribution < -0.4 is 5.32 Å². The van der Waals surface area contributed by atoms with Crippen LogP contribution in [0.2, 0.25) is 0 Å². The molecule has 108 valence electrons. The molecule has 1 N–H and O–H groups in total. The highest BCUT2D eigenvalue weighted by molar-refractivity contribution is 5.84. The van der Waals surface area contributed by atoms with Gasteiger partial charge >= 0.3 is 0 Å². The summed E-state index contributed by atoms with van der Waals surface area (Å²) in [6.07, 6.45) is 5.52. The number of pyridine rings is 2. The van der Waals surface area contributed by atoms with Gasteiger partial charge in [-0.05, 0) is 19.1 Å². The first-order valence-electron chi connectivity index (χ1n) is 6.63. The number of carbonyl (C=O) groups is 1. The molecule has 0 aliphatic rings. The first-order chi connectivity index (χ1) is 10.7. The van der Waals surface area contributed by atoms with Crippen molar-refractivity contribution < 1.29 is 4.79 Å². The molecule has 7 heteroatoms. The number of aldehydes is 1. The van der Waals surface area contributed by atoms with Gasteiger partial charge in [-0.1, -0.05) is 0 Å². The molecular weight excluding hydrogens is 280 g/mol. The number of carbonyl (C=O) groups excluding carboxylic acids is 1. The number of aromatic nitrogens is 4. The van der Waals surface area contributed by atoms with Crippen LogP contribution in [0.4, 0.5) is 5.69 Å². The maximum Gasteiger partial charge on any atom is 0.164 e. The van der Waals surface area contributed by atoms with Crippen molar-refractivity contribution in [3.63, 3.8) is 0 Å². The van der Waals surface area contributed by atoms with Crippen molar-refractivity contribution in [1.29, 1.82) is 5.26 Å². The van der Waals surface area contributed by atoms with Crippen molar-refractivity contribution in [2.45, 2.75) is 13.0 Å². The highest BCUT2D eigenvalue weighted by Crippen LogP contribution is 2.20. The maximum absolute atomic E-state index is 11.1. The van der Waals surface area contributed by atoms with E-state index >= 15 is 0 Å². The van der Waals surface area contributed by atoms with Gasteiger partial charge in [0.2, 0.25) is 0 Å². The van der Waals surface area contributed by atoms with Gasteiger partial charge in [-0.3, -0.25) is 4.79 Å². The van der Waals surface area contributed by atoms with E-state index in [9.17, 15) is 4.79 Å². The summed E-state index contributed by atoms with van der Waals surface area (Å²) >= 11 is 0. The minimum atomic E-state index is -0.429. The molecule has 22 heavy (non-hydrogen) atoms. The smallest absolute Gasteiger partial charge is 0.164 e. The quantitative estimate of drug-likeness (QED) is 0.738. The van der Waals surface area contributed by atoms with E-state index in [-0.39, 0.29) is 0 Å². The van der Waals surface area contributed by atoms with Crippen LogP contribution in [-0.4, -0.2) is 32.1 Å². The number of rotatable bonds is 4. The Labute approximate surface area is 126 Å². The van der Waals surface area contributed by atoms with Gasteiger partial charge in [0, 0.05) is 23.8 Å². The molecule has 0 saturated heterocycles. The van der Waals surface area contributed by atoms with Gasteiger partial charge < -0.3 is 5.32 Å². The van der Waals surface area contributed by atoms with Gasteiger partial charge in [-0.15, -0.1) is 0 Å². The second kappa shape index (κ2) is 5.61. The summed E-state index contributed by atoms with van der Waals surface area (Å²) in [6, 6.07) is 7.05. The number of anilines is 1. The van der Waals surface area contributed by atoms with E-state index in [1.54, 1.807) is 30.1 Å². The van der Waals surface area contributed by atoms with E-state index in [0.29, 0.717) is 29.0 Å². The maximum atomic E-state index is 11.1. The van der Waals surface area contributed by atoms with Crippen molar-refractivity contribution in [1.82, 2.24) is 19.7 Å². The number of fused-ring (bicyclic) bond motifs is 1. The van der Waals surface area contributed by atoms with Crippen molar-refractivity contribution in [2.75, 3.05) is 5.32 Å². The number of hydrogen-bond acceptors (Lipinski definition) is 6. The summed E-state index contributed by atoms with van der Waals surface area (Å²) < 4.78 is 1.59. The van der Waals surface area contributed by atoms with Crippen LogP contribution in [0.1, 0.15) is 17.3 Å². The van der Waals surface area contributed by atoms with E-state index in [2.05, 4.69) is 26.5 Å². The Morgan fingerprint density at radius 1 is 1.41 bits per heavy atom. The molecule has 1 atom stereocenters. The summed E-state index contributed by atoms with van der Waals surface area (Å²) in [7, 11) is 0. The molecule has 3 heterocycles. The fraction of sp³-hybridized carbons (Fsp3) is 0.133. The standard InChI is InChI=1S/C15H12N6O/c1-10(6-16)20-13-5-14(18-7-12(13)9-22)21-15-11(8-19-21)3-2-4-17-15/h2-5,7-10H,1H3,(H,18,20)/t10-/m1/s1. The molecule has 3 aromatic heterocycles. The molecule has 0 radical (unpaired) electrons. The van der Waals surface area contributed by atoms with Gasteiger partial charge in [0.25, 0.3) is 0 Å². The molecule has 0 saturated carbocycles. The number of nitrogens with one attached hydrogen (secondary N) is 1. The Kier molecular flexibility index (Phi) is 3.50. The van der Waals surface area contributed by atoms with Crippen LogP contribution in [0.15, 0.2) is 36.8 Å². The highest BCUT2D eigenvalue weighted by Gasteiger charge is 2.11. The lowest BCUT2D eigenvalue weighted by Crippen LogP contribution is -2.14. The summed E-state index contributed by atoms with van der Waals surface area (Å²) in [5, 5.41) is 17.0. The van der Waals surface area contributed by atoms with Crippen LogP contribution in [-0.2, 0) is 0 Å². The Hall–Kier alpha value is -3.27. The molecule has 3 aromatic rings. The molecule has 7 nitrogen and oxygen atoms in total. The topological polar surface area (TPSA) is 96.5 Å². The summed E-state index contributed by atoms with van der Waals surface area (Å²) in [6.45, 7) is 1.71. The monoisotopic (exact) mass is 292 g/mol. The molecular formula is C15H12N6O. The zero-order valence-electron chi connectivity index (χ0n) is 11.8. The average Bonchev–Trinajstić information content (AvgIpc) is 2.98. The van der Waals surface area contributed by atoms with Crippen LogP contribution in [0.5, 0.6) is 0 Å². The fourth-order valence-corrected chi connectivity index (χ4v) is 2.08. The molecule has 0 aliphatic heterocycles. The highest BCUT2D eigenvalue weighted by atomic mass is 16.1. The summed E-state index contributed by atoms with van der Waals surface area (Å²) in [5.41, 5.74) is 1.59. The van der Waals surface area contributed by atoms with E-state index in [0.717, 1.165) is 5.39 Å². The Balaban J connectivity index is 2.10. The van der Waals surface area contributed by atoms with E-state index in [1.807, 2.05) is 12.1 Å². The molecule has 0 aliphatic carbocycles. The second-order valence-electron chi connectivity index (χ2n) is 4.72. The van der Waals surface area contributed by atoms with Gasteiger partial charge in [0.05, 0.1) is 23.5 Å². The van der Waals surface area contributed by atoms with Crippen LogP contribution >= 0.6 is 0 Å². The van der Waals surface area contributed by atoms with Crippen molar-refractivity contribution in [2.24, 2.45) is 0 Å². The molecule has 0 amide bonds. The van der Waals surface area contributed by atoms with Gasteiger partial charge in [-0.25, -0.2) is 9.97 Å². The third kappa shape index (κ3) is 2.38. The molecule has 3 rings (SSSR count). The van der Waals surface area contributed by atoms with E-state index in [1.165, 1.54) is 6.20 Å². The summed E-state index contributed by atoms with van der Waals surface area (Å²) in [5.74, 6) is 0.520. The zero-order chi connectivity index (χ0) is 15.5. The van der Waals surface area contributed by atoms with E-state index < -0.39 is 6.04 Å². The van der Waals surface area contributed by atoms with Gasteiger partial charge in [0.1, 0.15) is 6.04 Å².